The number of rotatable bonds is 12. The first-order valence-corrected chi connectivity index (χ1v) is 14.3. The fraction of sp³-hybridized carbons (Fsp3) is 0.438. The van der Waals surface area contributed by atoms with Gasteiger partial charge >= 0.3 is 6.18 Å². The van der Waals surface area contributed by atoms with Crippen LogP contribution in [0.4, 0.5) is 18.9 Å². The molecule has 1 fully saturated rings. The normalized spacial score (nSPS) is 14.7. The maximum Gasteiger partial charge on any atom is 0.416 e. The van der Waals surface area contributed by atoms with E-state index >= 15 is 0 Å². The van der Waals surface area contributed by atoms with E-state index in [0.29, 0.717) is 19.5 Å². The smallest absolute Gasteiger partial charge is 0.416 e. The third kappa shape index (κ3) is 8.30. The van der Waals surface area contributed by atoms with Gasteiger partial charge in [0.1, 0.15) is 11.5 Å². The van der Waals surface area contributed by atoms with E-state index < -0.39 is 17.6 Å². The summed E-state index contributed by atoms with van der Waals surface area (Å²) in [6.07, 6.45) is 1.34. The minimum Gasteiger partial charge on any atom is -0.497 e. The minimum atomic E-state index is -4.48. The largest absolute Gasteiger partial charge is 0.497 e. The number of nitrogens with one attached hydrogen (secondary N) is 2. The predicted octanol–water partition coefficient (Wildman–Crippen LogP) is 6.86. The van der Waals surface area contributed by atoms with E-state index in [2.05, 4.69) is 10.6 Å². The highest BCUT2D eigenvalue weighted by Crippen LogP contribution is 2.34. The molecule has 10 heteroatoms. The average molecular weight is 586 g/mol. The number of hydrogen-bond acceptors (Lipinski definition) is 5. The number of methoxy groups -OCH3 is 1. The summed E-state index contributed by atoms with van der Waals surface area (Å²) in [6, 6.07) is 15.3. The molecule has 42 heavy (non-hydrogen) atoms. The molecule has 1 heterocycles. The van der Waals surface area contributed by atoms with Crippen molar-refractivity contribution in [2.75, 3.05) is 39.1 Å². The molecule has 4 rings (SSSR count). The molecule has 3 aromatic rings. The molecule has 226 valence electrons. The molecule has 1 unspecified atom stereocenters. The Labute approximate surface area is 244 Å². The van der Waals surface area contributed by atoms with Crippen LogP contribution in [0.25, 0.3) is 11.3 Å². The second-order valence-corrected chi connectivity index (χ2v) is 10.7. The van der Waals surface area contributed by atoms with Crippen LogP contribution in [0.5, 0.6) is 5.75 Å². The van der Waals surface area contributed by atoms with Crippen LogP contribution in [0.15, 0.2) is 65.1 Å². The number of benzene rings is 2. The van der Waals surface area contributed by atoms with Gasteiger partial charge < -0.3 is 24.7 Å². The number of carbonyl (C=O) groups is 2. The summed E-state index contributed by atoms with van der Waals surface area (Å²) in [5.74, 6) is 0.595. The van der Waals surface area contributed by atoms with Crippen LogP contribution in [-0.2, 0) is 11.0 Å². The predicted molar refractivity (Wildman–Crippen MR) is 155 cm³/mol. The van der Waals surface area contributed by atoms with Gasteiger partial charge in [0.2, 0.25) is 5.91 Å². The van der Waals surface area contributed by atoms with Gasteiger partial charge in [-0.15, -0.1) is 0 Å². The van der Waals surface area contributed by atoms with Gasteiger partial charge in [0.05, 0.1) is 12.7 Å². The van der Waals surface area contributed by atoms with Crippen LogP contribution < -0.4 is 15.4 Å². The Morgan fingerprint density at radius 1 is 1.02 bits per heavy atom. The van der Waals surface area contributed by atoms with Gasteiger partial charge in [0.15, 0.2) is 5.76 Å². The number of anilines is 1. The number of amides is 2. The van der Waals surface area contributed by atoms with Crippen LogP contribution in [0.1, 0.15) is 54.6 Å². The van der Waals surface area contributed by atoms with Crippen molar-refractivity contribution in [1.29, 1.82) is 0 Å². The van der Waals surface area contributed by atoms with Crippen molar-refractivity contribution < 1.29 is 31.9 Å². The molecule has 0 radical (unpaired) electrons. The summed E-state index contributed by atoms with van der Waals surface area (Å²) < 4.78 is 50.0. The number of hydrogen-bond donors (Lipinski definition) is 2. The molecule has 2 N–H and O–H groups in total. The zero-order valence-corrected chi connectivity index (χ0v) is 24.0. The Kier molecular flexibility index (Phi) is 10.5. The van der Waals surface area contributed by atoms with Crippen molar-refractivity contribution in [3.8, 4) is 17.1 Å². The number of alkyl halides is 3. The van der Waals surface area contributed by atoms with E-state index in [4.69, 9.17) is 9.15 Å². The summed E-state index contributed by atoms with van der Waals surface area (Å²) in [4.78, 5) is 28.1. The van der Waals surface area contributed by atoms with E-state index in [1.807, 2.05) is 31.3 Å². The van der Waals surface area contributed by atoms with Gasteiger partial charge in [-0.3, -0.25) is 9.59 Å². The zero-order valence-electron chi connectivity index (χ0n) is 24.0. The van der Waals surface area contributed by atoms with Crippen LogP contribution in [-0.4, -0.2) is 50.5 Å². The quantitative estimate of drug-likeness (QED) is 0.243. The van der Waals surface area contributed by atoms with E-state index in [-0.39, 0.29) is 41.4 Å². The van der Waals surface area contributed by atoms with E-state index in [1.54, 1.807) is 12.0 Å². The number of halogens is 3. The monoisotopic (exact) mass is 585 g/mol. The molecule has 0 spiro atoms. The molecule has 1 aliphatic carbocycles. The molecule has 0 bridgehead atoms. The van der Waals surface area contributed by atoms with Crippen molar-refractivity contribution in [2.45, 2.75) is 44.7 Å². The lowest BCUT2D eigenvalue weighted by atomic mass is 9.78. The molecule has 1 saturated carbocycles. The lowest BCUT2D eigenvalue weighted by Gasteiger charge is -2.32. The molecule has 7 nitrogen and oxygen atoms in total. The van der Waals surface area contributed by atoms with E-state index in [9.17, 15) is 22.8 Å². The fourth-order valence-corrected chi connectivity index (χ4v) is 5.46. The summed E-state index contributed by atoms with van der Waals surface area (Å²) in [7, 11) is 3.43. The average Bonchev–Trinajstić information content (AvgIpc) is 3.50. The van der Waals surface area contributed by atoms with Gasteiger partial charge in [-0.1, -0.05) is 31.4 Å². The summed E-state index contributed by atoms with van der Waals surface area (Å²) in [6.45, 7) is 1.41. The number of likely N-dealkylation sites (N-methyl/N-ethyl adjacent to an activating group) is 1. The van der Waals surface area contributed by atoms with Gasteiger partial charge in [-0.2, -0.15) is 13.2 Å². The second kappa shape index (κ2) is 14.3. The van der Waals surface area contributed by atoms with Crippen molar-refractivity contribution in [3.63, 3.8) is 0 Å². The number of carbonyl (C=O) groups excluding carboxylic acids is 2. The van der Waals surface area contributed by atoms with Crippen molar-refractivity contribution in [2.24, 2.45) is 11.8 Å². The molecular weight excluding hydrogens is 547 g/mol. The Morgan fingerprint density at radius 3 is 2.45 bits per heavy atom. The van der Waals surface area contributed by atoms with E-state index in [0.717, 1.165) is 49.3 Å². The molecular formula is C32H38F3N3O4. The minimum absolute atomic E-state index is 0.00433. The van der Waals surface area contributed by atoms with Gasteiger partial charge in [-0.05, 0) is 73.7 Å². The molecule has 1 aromatic heterocycles. The Balaban J connectivity index is 1.32. The van der Waals surface area contributed by atoms with Crippen LogP contribution in [0.3, 0.4) is 0 Å². The third-order valence-electron chi connectivity index (χ3n) is 7.82. The van der Waals surface area contributed by atoms with Crippen LogP contribution in [0.2, 0.25) is 0 Å². The lowest BCUT2D eigenvalue weighted by Crippen LogP contribution is -2.41. The Bertz CT molecular complexity index is 1320. The summed E-state index contributed by atoms with van der Waals surface area (Å²) in [5.41, 5.74) is 0.385. The number of furan rings is 1. The molecule has 0 aliphatic heterocycles. The highest BCUT2D eigenvalue weighted by molar-refractivity contribution is 5.92. The van der Waals surface area contributed by atoms with Crippen molar-refractivity contribution in [3.05, 3.63) is 72.0 Å². The van der Waals surface area contributed by atoms with Crippen LogP contribution >= 0.6 is 0 Å². The molecule has 2 amide bonds. The highest BCUT2D eigenvalue weighted by atomic mass is 19.4. The standard InChI is InChI=1S/C32H38F3N3O4/c1-38(20-19-36-25-11-13-26(41-2)14-12-25)31(40)27(22-7-4-3-5-8-22)17-18-37-30(39)29-16-15-28(42-29)23-9-6-10-24(21-23)32(33,34)35/h6,9-16,21-22,27,36H,3-5,7-8,17-20H2,1-2H3,(H,37,39). The third-order valence-corrected chi connectivity index (χ3v) is 7.82. The number of nitrogens with zero attached hydrogens (tertiary/aromatic N) is 1. The first kappa shape index (κ1) is 31.0. The summed E-state index contributed by atoms with van der Waals surface area (Å²) >= 11 is 0. The second-order valence-electron chi connectivity index (χ2n) is 10.7. The molecule has 2 aromatic carbocycles. The zero-order chi connectivity index (χ0) is 30.1. The first-order valence-electron chi connectivity index (χ1n) is 14.3. The van der Waals surface area contributed by atoms with Crippen LogP contribution in [0, 0.1) is 11.8 Å². The molecule has 1 aliphatic rings. The van der Waals surface area contributed by atoms with Gasteiger partial charge in [0.25, 0.3) is 5.91 Å². The topological polar surface area (TPSA) is 83.8 Å². The van der Waals surface area contributed by atoms with Gasteiger partial charge in [0, 0.05) is 43.9 Å². The van der Waals surface area contributed by atoms with E-state index in [1.165, 1.54) is 30.7 Å². The Hall–Kier alpha value is -3.95. The lowest BCUT2D eigenvalue weighted by molar-refractivity contribution is -0.138. The molecule has 1 atom stereocenters. The fourth-order valence-electron chi connectivity index (χ4n) is 5.46. The first-order chi connectivity index (χ1) is 20.2. The van der Waals surface area contributed by atoms with Crippen molar-refractivity contribution in [1.82, 2.24) is 10.2 Å². The van der Waals surface area contributed by atoms with Crippen molar-refractivity contribution >= 4 is 17.5 Å². The maximum absolute atomic E-state index is 13.5. The number of ether oxygens (including phenoxy) is 1. The molecule has 0 saturated heterocycles. The summed E-state index contributed by atoms with van der Waals surface area (Å²) in [5, 5.41) is 6.16. The Morgan fingerprint density at radius 2 is 1.76 bits per heavy atom. The highest BCUT2D eigenvalue weighted by Gasteiger charge is 2.32. The van der Waals surface area contributed by atoms with Gasteiger partial charge in [-0.25, -0.2) is 0 Å². The SMILES string of the molecule is COc1ccc(NCCN(C)C(=O)C(CCNC(=O)c2ccc(-c3cccc(C(F)(F)F)c3)o2)C2CCCCC2)cc1. The maximum atomic E-state index is 13.5.